The largest absolute Gasteiger partial charge is 0.340 e. The highest BCUT2D eigenvalue weighted by Gasteiger charge is 2.16. The Labute approximate surface area is 175 Å². The number of rotatable bonds is 9. The predicted molar refractivity (Wildman–Crippen MR) is 116 cm³/mol. The Kier molecular flexibility index (Phi) is 7.37. The fourth-order valence-electron chi connectivity index (χ4n) is 2.93. The molecule has 1 amide bonds. The van der Waals surface area contributed by atoms with Crippen molar-refractivity contribution in [3.63, 3.8) is 0 Å². The summed E-state index contributed by atoms with van der Waals surface area (Å²) in [5.74, 6) is 1.03. The molecule has 2 N–H and O–H groups in total. The van der Waals surface area contributed by atoms with Crippen LogP contribution in [0.25, 0.3) is 11.4 Å². The number of benzene rings is 1. The van der Waals surface area contributed by atoms with Crippen LogP contribution in [0.15, 0.2) is 53.9 Å². The van der Waals surface area contributed by atoms with E-state index < -0.39 is 0 Å². The normalized spacial score (nSPS) is 11.0. The quantitative estimate of drug-likeness (QED) is 0.526. The molecule has 0 saturated heterocycles. The molecule has 3 rings (SSSR count). The summed E-state index contributed by atoms with van der Waals surface area (Å²) in [6, 6.07) is 11.6. The average molecular weight is 412 g/mol. The molecule has 0 radical (unpaired) electrons. The molecule has 0 aliphatic carbocycles. The zero-order valence-corrected chi connectivity index (χ0v) is 17.9. The van der Waals surface area contributed by atoms with E-state index in [1.165, 1.54) is 16.7 Å². The zero-order valence-electron chi connectivity index (χ0n) is 17.1. The Morgan fingerprint density at radius 3 is 2.62 bits per heavy atom. The fourth-order valence-corrected chi connectivity index (χ4v) is 3.70. The van der Waals surface area contributed by atoms with Crippen LogP contribution >= 0.6 is 11.8 Å². The van der Waals surface area contributed by atoms with Crippen molar-refractivity contribution in [3.05, 3.63) is 54.4 Å². The monoisotopic (exact) mass is 411 g/mol. The van der Waals surface area contributed by atoms with Crippen LogP contribution in [0.3, 0.4) is 0 Å². The highest BCUT2D eigenvalue weighted by Crippen LogP contribution is 2.24. The lowest BCUT2D eigenvalue weighted by Crippen LogP contribution is -3.05. The standard InChI is InChI=1S/C21H26N6OS/c1-16-7-4-5-8-18(16)23-19(28)15-29-21-25-24-20(17-9-11-22-12-10-17)27(21)14-6-13-26(2)3/h4-5,7-12H,6,13-15H2,1-3H3,(H,23,28)/p+1. The van der Waals surface area contributed by atoms with Crippen molar-refractivity contribution in [2.75, 3.05) is 31.7 Å². The molecule has 0 fully saturated rings. The van der Waals surface area contributed by atoms with Gasteiger partial charge in [0.15, 0.2) is 11.0 Å². The second kappa shape index (κ2) is 10.2. The lowest BCUT2D eigenvalue weighted by atomic mass is 10.2. The molecule has 0 saturated carbocycles. The van der Waals surface area contributed by atoms with E-state index in [-0.39, 0.29) is 11.7 Å². The van der Waals surface area contributed by atoms with E-state index >= 15 is 0 Å². The van der Waals surface area contributed by atoms with Crippen molar-refractivity contribution in [1.82, 2.24) is 19.7 Å². The van der Waals surface area contributed by atoms with Gasteiger partial charge in [-0.1, -0.05) is 30.0 Å². The van der Waals surface area contributed by atoms with Crippen LogP contribution in [0.4, 0.5) is 5.69 Å². The maximum atomic E-state index is 12.4. The molecule has 7 nitrogen and oxygen atoms in total. The molecule has 0 unspecified atom stereocenters. The second-order valence-electron chi connectivity index (χ2n) is 7.16. The lowest BCUT2D eigenvalue weighted by Gasteiger charge is -2.12. The van der Waals surface area contributed by atoms with Crippen LogP contribution in [0.1, 0.15) is 12.0 Å². The van der Waals surface area contributed by atoms with E-state index in [9.17, 15) is 4.79 Å². The fraction of sp³-hybridized carbons (Fsp3) is 0.333. The van der Waals surface area contributed by atoms with Gasteiger partial charge in [-0.05, 0) is 30.7 Å². The van der Waals surface area contributed by atoms with Gasteiger partial charge in [0.1, 0.15) is 0 Å². The number of hydrogen-bond donors (Lipinski definition) is 2. The Bertz CT molecular complexity index is 941. The molecule has 0 aliphatic rings. The molecular formula is C21H27N6OS+. The molecule has 0 atom stereocenters. The number of anilines is 1. The highest BCUT2D eigenvalue weighted by atomic mass is 32.2. The van der Waals surface area contributed by atoms with Gasteiger partial charge in [-0.15, -0.1) is 10.2 Å². The van der Waals surface area contributed by atoms with Crippen LogP contribution < -0.4 is 10.2 Å². The summed E-state index contributed by atoms with van der Waals surface area (Å²) in [5.41, 5.74) is 2.85. The molecule has 1 aromatic carbocycles. The van der Waals surface area contributed by atoms with Crippen molar-refractivity contribution in [2.24, 2.45) is 0 Å². The van der Waals surface area contributed by atoms with E-state index in [0.717, 1.165) is 47.3 Å². The van der Waals surface area contributed by atoms with E-state index in [4.69, 9.17) is 0 Å². The number of pyridine rings is 1. The summed E-state index contributed by atoms with van der Waals surface area (Å²) in [6.07, 6.45) is 4.50. The number of nitrogens with zero attached hydrogens (tertiary/aromatic N) is 4. The number of quaternary nitrogens is 1. The number of carbonyl (C=O) groups excluding carboxylic acids is 1. The van der Waals surface area contributed by atoms with Crippen molar-refractivity contribution in [1.29, 1.82) is 0 Å². The summed E-state index contributed by atoms with van der Waals surface area (Å²) >= 11 is 1.41. The summed E-state index contributed by atoms with van der Waals surface area (Å²) in [7, 11) is 4.28. The van der Waals surface area contributed by atoms with Crippen LogP contribution in [0.2, 0.25) is 0 Å². The van der Waals surface area contributed by atoms with Gasteiger partial charge in [0.25, 0.3) is 0 Å². The molecule has 0 aliphatic heterocycles. The average Bonchev–Trinajstić information content (AvgIpc) is 3.11. The molecule has 29 heavy (non-hydrogen) atoms. The lowest BCUT2D eigenvalue weighted by molar-refractivity contribution is -0.858. The van der Waals surface area contributed by atoms with Gasteiger partial charge in [0, 0.05) is 36.6 Å². The molecule has 3 aromatic rings. The van der Waals surface area contributed by atoms with Crippen molar-refractivity contribution in [2.45, 2.75) is 25.0 Å². The smallest absolute Gasteiger partial charge is 0.234 e. The molecule has 2 aromatic heterocycles. The first-order chi connectivity index (χ1) is 14.0. The summed E-state index contributed by atoms with van der Waals surface area (Å²) in [4.78, 5) is 17.9. The molecule has 152 valence electrons. The maximum absolute atomic E-state index is 12.4. The Balaban J connectivity index is 1.71. The number of para-hydroxylation sites is 1. The van der Waals surface area contributed by atoms with Gasteiger partial charge in [-0.3, -0.25) is 9.78 Å². The van der Waals surface area contributed by atoms with E-state index in [1.54, 1.807) is 12.4 Å². The topological polar surface area (TPSA) is 77.1 Å². The highest BCUT2D eigenvalue weighted by molar-refractivity contribution is 7.99. The van der Waals surface area contributed by atoms with E-state index in [0.29, 0.717) is 0 Å². The molecule has 2 heterocycles. The molecule has 0 spiro atoms. The molecule has 8 heteroatoms. The molecule has 0 bridgehead atoms. The number of thioether (sulfide) groups is 1. The first-order valence-electron chi connectivity index (χ1n) is 9.65. The SMILES string of the molecule is Cc1ccccc1NC(=O)CSc1nnc(-c2ccncc2)n1CCC[NH+](C)C. The van der Waals surface area contributed by atoms with Gasteiger partial charge >= 0.3 is 0 Å². The van der Waals surface area contributed by atoms with Crippen LogP contribution in [-0.4, -0.2) is 52.0 Å². The Hall–Kier alpha value is -2.71. The first kappa shape index (κ1) is 21.0. The van der Waals surface area contributed by atoms with E-state index in [2.05, 4.69) is 39.2 Å². The minimum Gasteiger partial charge on any atom is -0.340 e. The third kappa shape index (κ3) is 5.88. The van der Waals surface area contributed by atoms with Crippen molar-refractivity contribution < 1.29 is 9.69 Å². The number of aromatic nitrogens is 4. The zero-order chi connectivity index (χ0) is 20.6. The number of amides is 1. The summed E-state index contributed by atoms with van der Waals surface area (Å²) < 4.78 is 2.10. The second-order valence-corrected chi connectivity index (χ2v) is 8.10. The Morgan fingerprint density at radius 2 is 1.90 bits per heavy atom. The van der Waals surface area contributed by atoms with Gasteiger partial charge in [0.2, 0.25) is 5.91 Å². The van der Waals surface area contributed by atoms with Gasteiger partial charge in [-0.25, -0.2) is 0 Å². The van der Waals surface area contributed by atoms with Gasteiger partial charge < -0.3 is 14.8 Å². The summed E-state index contributed by atoms with van der Waals surface area (Å²) in [6.45, 7) is 3.83. The van der Waals surface area contributed by atoms with Crippen LogP contribution in [-0.2, 0) is 11.3 Å². The number of carbonyl (C=O) groups is 1. The van der Waals surface area contributed by atoms with E-state index in [1.807, 2.05) is 43.3 Å². The Morgan fingerprint density at radius 1 is 1.14 bits per heavy atom. The predicted octanol–water partition coefficient (Wildman–Crippen LogP) is 1.91. The van der Waals surface area contributed by atoms with Crippen molar-refractivity contribution in [3.8, 4) is 11.4 Å². The molecular weight excluding hydrogens is 384 g/mol. The third-order valence-electron chi connectivity index (χ3n) is 4.47. The van der Waals surface area contributed by atoms with Gasteiger partial charge in [0.05, 0.1) is 26.4 Å². The minimum absolute atomic E-state index is 0.0537. The third-order valence-corrected chi connectivity index (χ3v) is 5.43. The first-order valence-corrected chi connectivity index (χ1v) is 10.6. The van der Waals surface area contributed by atoms with Crippen LogP contribution in [0.5, 0.6) is 0 Å². The maximum Gasteiger partial charge on any atom is 0.234 e. The van der Waals surface area contributed by atoms with Crippen molar-refractivity contribution >= 4 is 23.4 Å². The number of hydrogen-bond acceptors (Lipinski definition) is 5. The summed E-state index contributed by atoms with van der Waals surface area (Å²) in [5, 5.41) is 12.5. The number of aryl methyl sites for hydroxylation is 1. The van der Waals surface area contributed by atoms with Gasteiger partial charge in [-0.2, -0.15) is 0 Å². The number of nitrogens with one attached hydrogen (secondary N) is 2. The van der Waals surface area contributed by atoms with Crippen LogP contribution in [0, 0.1) is 6.92 Å². The minimum atomic E-state index is -0.0537.